The summed E-state index contributed by atoms with van der Waals surface area (Å²) >= 11 is 0. The highest BCUT2D eigenvalue weighted by Crippen LogP contribution is 2.45. The highest BCUT2D eigenvalue weighted by molar-refractivity contribution is 7.47. The largest absolute Gasteiger partial charge is 0.472 e. The minimum Gasteiger partial charge on any atom is -0.441 e. The van der Waals surface area contributed by atoms with E-state index in [1.807, 2.05) is 0 Å². The smallest absolute Gasteiger partial charge is 0.441 e. The summed E-state index contributed by atoms with van der Waals surface area (Å²) in [6.45, 7) is -2.08. The number of aliphatic hydroxyl groups is 1. The first kappa shape index (κ1) is 42.0. The molecule has 25 heteroatoms. The fraction of sp³-hybridized carbons (Fsp3) is 0.297. The first-order valence-corrected chi connectivity index (χ1v) is 20.1. The maximum atomic E-state index is 15.3. The molecule has 4 atom stereocenters. The number of aryl methyl sites for hydroxylation is 2. The first-order chi connectivity index (χ1) is 29.8. The number of anilines is 2. The van der Waals surface area contributed by atoms with E-state index in [-0.39, 0.29) is 42.2 Å². The third-order valence-corrected chi connectivity index (χ3v) is 10.5. The van der Waals surface area contributed by atoms with Crippen molar-refractivity contribution in [2.45, 2.75) is 18.3 Å². The number of pyridine rings is 2. The van der Waals surface area contributed by atoms with Crippen LogP contribution >= 0.6 is 7.82 Å². The molecule has 62 heavy (non-hydrogen) atoms. The van der Waals surface area contributed by atoms with E-state index >= 15 is 8.78 Å². The van der Waals surface area contributed by atoms with Crippen LogP contribution in [0.4, 0.5) is 29.7 Å². The number of rotatable bonds is 16. The molecule has 22 nitrogen and oxygen atoms in total. The second-order valence-electron chi connectivity index (χ2n) is 13.8. The number of phosphoric ester groups is 1. The SMILES string of the molecule is Cn1nnc(-c2ccc(-c3ccc(N4CC(COCC(CO)OP(=O)(O)OC[C@H]5CN(c6ccc(-c7ccc(-c8nnn(C)n8)nc7)c(F)c6)C(=O)O5)OC4=O)cc3F)cn2)n1. The Morgan fingerprint density at radius 1 is 0.774 bits per heavy atom. The monoisotopic (exact) mass is 876 g/mol. The van der Waals surface area contributed by atoms with E-state index in [0.29, 0.717) is 34.2 Å². The van der Waals surface area contributed by atoms with Crippen LogP contribution in [0.2, 0.25) is 0 Å². The average Bonchev–Trinajstić information content (AvgIpc) is 4.07. The number of tetrazole rings is 2. The molecular formula is C37H35F2N12O10P. The van der Waals surface area contributed by atoms with Gasteiger partial charge in [-0.05, 0) is 59.0 Å². The molecule has 2 aliphatic heterocycles. The average molecular weight is 877 g/mol. The standard InChI is InChI=1S/C37H35F2N12O10P/c1-48-44-34(42-46-48)32-9-3-21(13-40-32)28-7-5-23(11-30(28)38)50-15-25(59-36(50)53)18-57-19-27(17-52)61-62(55,56)58-20-26-16-51(37(54)60-26)24-6-8-29(31(39)12-24)22-4-10-33(41-14-22)35-43-47-49(2)45-35/h3-14,25-27,52H,15-20H2,1-2H3,(H,55,56)/t25?,26-,27?/m1/s1. The molecule has 322 valence electrons. The van der Waals surface area contributed by atoms with Crippen LogP contribution < -0.4 is 9.80 Å². The van der Waals surface area contributed by atoms with Crippen LogP contribution in [0.1, 0.15) is 0 Å². The molecule has 6 heterocycles. The highest BCUT2D eigenvalue weighted by atomic mass is 31.2. The molecule has 8 rings (SSSR count). The molecule has 2 amide bonds. The van der Waals surface area contributed by atoms with Gasteiger partial charge < -0.3 is 24.2 Å². The van der Waals surface area contributed by atoms with Crippen molar-refractivity contribution in [2.24, 2.45) is 14.1 Å². The van der Waals surface area contributed by atoms with Crippen LogP contribution in [-0.2, 0) is 41.9 Å². The fourth-order valence-corrected chi connectivity index (χ4v) is 7.36. The zero-order valence-electron chi connectivity index (χ0n) is 32.6. The Morgan fingerprint density at radius 2 is 1.27 bits per heavy atom. The number of benzene rings is 2. The van der Waals surface area contributed by atoms with Crippen LogP contribution in [0, 0.1) is 11.6 Å². The number of amides is 2. The van der Waals surface area contributed by atoms with Crippen LogP contribution in [0.3, 0.4) is 0 Å². The van der Waals surface area contributed by atoms with E-state index in [1.165, 1.54) is 51.2 Å². The van der Waals surface area contributed by atoms with Gasteiger partial charge in [0.2, 0.25) is 11.6 Å². The summed E-state index contributed by atoms with van der Waals surface area (Å²) in [5.74, 6) is -0.631. The van der Waals surface area contributed by atoms with Crippen LogP contribution in [0.5, 0.6) is 0 Å². The molecule has 0 spiro atoms. The maximum Gasteiger partial charge on any atom is 0.472 e. The lowest BCUT2D eigenvalue weighted by atomic mass is 10.1. The summed E-state index contributed by atoms with van der Waals surface area (Å²) in [4.78, 5) is 49.2. The van der Waals surface area contributed by atoms with Gasteiger partial charge in [-0.1, -0.05) is 12.1 Å². The van der Waals surface area contributed by atoms with Gasteiger partial charge >= 0.3 is 20.0 Å². The van der Waals surface area contributed by atoms with E-state index < -0.39 is 69.8 Å². The molecule has 2 saturated heterocycles. The van der Waals surface area contributed by atoms with E-state index in [4.69, 9.17) is 23.3 Å². The summed E-state index contributed by atoms with van der Waals surface area (Å²) in [5.41, 5.74) is 2.71. The zero-order chi connectivity index (χ0) is 43.5. The normalized spacial score (nSPS) is 17.9. The van der Waals surface area contributed by atoms with Crippen LogP contribution in [0.25, 0.3) is 45.3 Å². The summed E-state index contributed by atoms with van der Waals surface area (Å²) < 4.78 is 69.6. The predicted molar refractivity (Wildman–Crippen MR) is 209 cm³/mol. The number of aromatic nitrogens is 10. The number of aliphatic hydroxyl groups excluding tert-OH is 1. The number of nitrogens with zero attached hydrogens (tertiary/aromatic N) is 12. The second kappa shape index (κ2) is 17.7. The van der Waals surface area contributed by atoms with Crippen molar-refractivity contribution in [1.29, 1.82) is 0 Å². The van der Waals surface area contributed by atoms with E-state index in [9.17, 15) is 24.2 Å². The predicted octanol–water partition coefficient (Wildman–Crippen LogP) is 3.33. The number of cyclic esters (lactones) is 2. The fourth-order valence-electron chi connectivity index (χ4n) is 6.44. The topological polar surface area (TPSA) is 257 Å². The van der Waals surface area contributed by atoms with Gasteiger partial charge in [0.1, 0.15) is 41.3 Å². The van der Waals surface area contributed by atoms with Crippen LogP contribution in [-0.4, -0.2) is 130 Å². The molecule has 2 aromatic carbocycles. The van der Waals surface area contributed by atoms with Gasteiger partial charge in [-0.25, -0.2) is 22.9 Å². The highest BCUT2D eigenvalue weighted by Gasteiger charge is 2.37. The Labute approximate surface area is 349 Å². The van der Waals surface area contributed by atoms with Crippen molar-refractivity contribution >= 4 is 31.4 Å². The third kappa shape index (κ3) is 9.44. The molecule has 6 aromatic rings. The number of carbonyl (C=O) groups is 2. The van der Waals surface area contributed by atoms with Crippen molar-refractivity contribution in [2.75, 3.05) is 49.3 Å². The number of hydrogen-bond donors (Lipinski definition) is 2. The van der Waals surface area contributed by atoms with Crippen LogP contribution in [0.15, 0.2) is 73.1 Å². The molecule has 0 bridgehead atoms. The summed E-state index contributed by atoms with van der Waals surface area (Å²) in [7, 11) is -1.61. The van der Waals surface area contributed by atoms with Gasteiger partial charge in [0, 0.05) is 34.6 Å². The van der Waals surface area contributed by atoms with Gasteiger partial charge in [-0.15, -0.1) is 20.4 Å². The Morgan fingerprint density at radius 3 is 1.69 bits per heavy atom. The Bertz CT molecular complexity index is 2640. The van der Waals surface area contributed by atoms with Crippen molar-refractivity contribution in [3.8, 4) is 45.3 Å². The maximum absolute atomic E-state index is 15.3. The Kier molecular flexibility index (Phi) is 12.0. The number of ether oxygens (including phenoxy) is 3. The lowest BCUT2D eigenvalue weighted by Crippen LogP contribution is -2.29. The summed E-state index contributed by atoms with van der Waals surface area (Å²) in [6.07, 6.45) is -1.85. The van der Waals surface area contributed by atoms with E-state index in [1.54, 1.807) is 44.4 Å². The summed E-state index contributed by atoms with van der Waals surface area (Å²) in [5, 5.41) is 33.3. The Hall–Kier alpha value is -6.69. The minimum absolute atomic E-state index is 0.00591. The number of hydrogen-bond acceptors (Lipinski definition) is 17. The first-order valence-electron chi connectivity index (χ1n) is 18.6. The van der Waals surface area contributed by atoms with Gasteiger partial charge in [-0.3, -0.25) is 28.8 Å². The Balaban J connectivity index is 0.784. The minimum atomic E-state index is -4.84. The second-order valence-corrected chi connectivity index (χ2v) is 15.2. The van der Waals surface area contributed by atoms with E-state index in [0.717, 1.165) is 11.0 Å². The molecule has 3 unspecified atom stereocenters. The zero-order valence-corrected chi connectivity index (χ0v) is 33.5. The molecule has 0 saturated carbocycles. The molecule has 0 radical (unpaired) electrons. The van der Waals surface area contributed by atoms with Gasteiger partial charge in [-0.2, -0.15) is 9.59 Å². The number of halogens is 2. The number of phosphoric acid groups is 1. The van der Waals surface area contributed by atoms with Crippen molar-refractivity contribution in [1.82, 2.24) is 50.4 Å². The molecule has 2 aliphatic rings. The quantitative estimate of drug-likeness (QED) is 0.132. The lowest BCUT2D eigenvalue weighted by Gasteiger charge is -2.20. The molecule has 4 aromatic heterocycles. The summed E-state index contributed by atoms with van der Waals surface area (Å²) in [6, 6.07) is 14.9. The third-order valence-electron chi connectivity index (χ3n) is 9.42. The van der Waals surface area contributed by atoms with Crippen molar-refractivity contribution in [3.63, 3.8) is 0 Å². The van der Waals surface area contributed by atoms with Gasteiger partial charge in [0.25, 0.3) is 0 Å². The lowest BCUT2D eigenvalue weighted by molar-refractivity contribution is -0.0239. The molecule has 2 fully saturated rings. The van der Waals surface area contributed by atoms with Gasteiger partial charge in [0.05, 0.1) is 65.0 Å². The van der Waals surface area contributed by atoms with Crippen molar-refractivity contribution in [3.05, 3.63) is 84.7 Å². The molecule has 0 aliphatic carbocycles. The van der Waals surface area contributed by atoms with E-state index in [2.05, 4.69) is 40.8 Å². The number of carbonyl (C=O) groups excluding carboxylic acids is 2. The molecular weight excluding hydrogens is 841 g/mol. The molecule has 2 N–H and O–H groups in total. The van der Waals surface area contributed by atoms with Crippen molar-refractivity contribution < 1.29 is 56.2 Å². The van der Waals surface area contributed by atoms with Gasteiger partial charge in [0.15, 0.2) is 0 Å².